The van der Waals surface area contributed by atoms with Gasteiger partial charge in [-0.1, -0.05) is 17.7 Å². The van der Waals surface area contributed by atoms with Crippen LogP contribution in [0.4, 0.5) is 10.2 Å². The highest BCUT2D eigenvalue weighted by Gasteiger charge is 2.63. The summed E-state index contributed by atoms with van der Waals surface area (Å²) in [4.78, 5) is 26.9. The first-order chi connectivity index (χ1) is 13.0. The van der Waals surface area contributed by atoms with Crippen molar-refractivity contribution in [1.29, 1.82) is 0 Å². The second kappa shape index (κ2) is 5.87. The third-order valence-corrected chi connectivity index (χ3v) is 6.21. The van der Waals surface area contributed by atoms with E-state index < -0.39 is 17.7 Å². The molecule has 0 spiro atoms. The summed E-state index contributed by atoms with van der Waals surface area (Å²) in [6, 6.07) is 6.17. The number of carbonyl (C=O) groups is 2. The average molecular weight is 390 g/mol. The summed E-state index contributed by atoms with van der Waals surface area (Å²) in [5, 5.41) is 4.71. The van der Waals surface area contributed by atoms with Crippen LogP contribution >= 0.6 is 11.6 Å². The van der Waals surface area contributed by atoms with Crippen LogP contribution in [0.15, 0.2) is 24.3 Å². The van der Waals surface area contributed by atoms with Crippen LogP contribution in [0, 0.1) is 24.6 Å². The number of aromatic nitrogens is 2. The lowest BCUT2D eigenvalue weighted by Gasteiger charge is -2.15. The van der Waals surface area contributed by atoms with E-state index in [1.165, 1.54) is 11.0 Å². The van der Waals surface area contributed by atoms with Crippen molar-refractivity contribution in [1.82, 2.24) is 9.78 Å². The Morgan fingerprint density at radius 1 is 1.22 bits per heavy atom. The van der Waals surface area contributed by atoms with Crippen LogP contribution in [0.25, 0.3) is 0 Å². The summed E-state index contributed by atoms with van der Waals surface area (Å²) in [5.41, 5.74) is 1.03. The van der Waals surface area contributed by atoms with Crippen molar-refractivity contribution in [2.75, 3.05) is 4.90 Å². The van der Waals surface area contributed by atoms with E-state index in [1.807, 2.05) is 0 Å². The van der Waals surface area contributed by atoms with Gasteiger partial charge >= 0.3 is 0 Å². The maximum Gasteiger partial charge on any atom is 0.241 e. The van der Waals surface area contributed by atoms with Crippen molar-refractivity contribution in [2.24, 2.45) is 11.8 Å². The lowest BCUT2D eigenvalue weighted by molar-refractivity contribution is -0.124. The van der Waals surface area contributed by atoms with Gasteiger partial charge < -0.3 is 4.74 Å². The number of nitrogens with zero attached hydrogens (tertiary/aromatic N) is 3. The van der Waals surface area contributed by atoms with Crippen molar-refractivity contribution < 1.29 is 18.7 Å². The van der Waals surface area contributed by atoms with Crippen molar-refractivity contribution >= 4 is 29.2 Å². The Hall–Kier alpha value is -2.25. The first kappa shape index (κ1) is 16.9. The minimum atomic E-state index is -0.421. The first-order valence-electron chi connectivity index (χ1n) is 8.96. The van der Waals surface area contributed by atoms with Gasteiger partial charge in [0.1, 0.15) is 5.82 Å². The molecule has 2 aromatic rings. The second-order valence-corrected chi connectivity index (χ2v) is 7.76. The molecule has 0 aliphatic carbocycles. The van der Waals surface area contributed by atoms with E-state index in [-0.39, 0.29) is 36.4 Å². The quantitative estimate of drug-likeness (QED) is 0.757. The molecule has 4 atom stereocenters. The highest BCUT2D eigenvalue weighted by molar-refractivity contribution is 6.31. The minimum absolute atomic E-state index is 0.120. The van der Waals surface area contributed by atoms with E-state index in [4.69, 9.17) is 16.3 Å². The van der Waals surface area contributed by atoms with Crippen LogP contribution in [0.5, 0.6) is 0 Å². The molecular formula is C19H17ClFN3O3. The summed E-state index contributed by atoms with van der Waals surface area (Å²) in [6.07, 6.45) is 1.30. The molecule has 1 aromatic carbocycles. The molecule has 3 aliphatic heterocycles. The predicted molar refractivity (Wildman–Crippen MR) is 94.8 cm³/mol. The molecule has 3 fully saturated rings. The zero-order valence-corrected chi connectivity index (χ0v) is 15.3. The fourth-order valence-corrected chi connectivity index (χ4v) is 4.76. The number of hydrogen-bond acceptors (Lipinski definition) is 4. The number of imide groups is 1. The molecular weight excluding hydrogens is 373 g/mol. The van der Waals surface area contributed by atoms with E-state index in [1.54, 1.807) is 29.8 Å². The molecule has 3 aliphatic rings. The topological polar surface area (TPSA) is 64.4 Å². The number of hydrogen-bond donors (Lipinski definition) is 0. The number of carbonyl (C=O) groups excluding carboxylic acids is 2. The van der Waals surface area contributed by atoms with Gasteiger partial charge in [0.2, 0.25) is 11.8 Å². The summed E-state index contributed by atoms with van der Waals surface area (Å²) in [6.45, 7) is 1.92. The number of anilines is 1. The number of halogens is 2. The maximum atomic E-state index is 14.1. The van der Waals surface area contributed by atoms with Gasteiger partial charge in [0.05, 0.1) is 30.6 Å². The number of amides is 2. The Labute approximate surface area is 159 Å². The third kappa shape index (κ3) is 2.38. The summed E-state index contributed by atoms with van der Waals surface area (Å²) in [5.74, 6) is -1.43. The van der Waals surface area contributed by atoms with Crippen LogP contribution in [0.3, 0.4) is 0 Å². The molecule has 0 N–H and O–H groups in total. The van der Waals surface area contributed by atoms with Gasteiger partial charge in [0, 0.05) is 22.3 Å². The van der Waals surface area contributed by atoms with Gasteiger partial charge in [0.15, 0.2) is 5.82 Å². The molecule has 4 heterocycles. The van der Waals surface area contributed by atoms with E-state index >= 15 is 0 Å². The largest absolute Gasteiger partial charge is 0.373 e. The Kier molecular flexibility index (Phi) is 3.67. The number of ether oxygens (including phenoxy) is 1. The highest BCUT2D eigenvalue weighted by atomic mass is 35.5. The lowest BCUT2D eigenvalue weighted by atomic mass is 9.81. The number of aryl methyl sites for hydroxylation is 1. The second-order valence-electron chi connectivity index (χ2n) is 7.36. The Bertz CT molecular complexity index is 927. The molecule has 8 heteroatoms. The van der Waals surface area contributed by atoms with Crippen molar-refractivity contribution in [3.8, 4) is 0 Å². The molecule has 1 aromatic heterocycles. The van der Waals surface area contributed by atoms with Crippen molar-refractivity contribution in [3.63, 3.8) is 0 Å². The summed E-state index contributed by atoms with van der Waals surface area (Å²) < 4.78 is 21.4. The van der Waals surface area contributed by atoms with Gasteiger partial charge in [-0.15, -0.1) is 0 Å². The predicted octanol–water partition coefficient (Wildman–Crippen LogP) is 2.70. The van der Waals surface area contributed by atoms with Crippen molar-refractivity contribution in [3.05, 3.63) is 46.4 Å². The molecule has 140 valence electrons. The molecule has 0 saturated carbocycles. The molecule has 27 heavy (non-hydrogen) atoms. The van der Waals surface area contributed by atoms with Gasteiger partial charge in [-0.25, -0.2) is 9.29 Å². The average Bonchev–Trinajstić information content (AvgIpc) is 3.36. The Balaban J connectivity index is 1.47. The van der Waals surface area contributed by atoms with E-state index in [2.05, 4.69) is 5.10 Å². The summed E-state index contributed by atoms with van der Waals surface area (Å²) in [7, 11) is 0. The SMILES string of the molecule is Cc1cc(N2C(=O)[C@@H]3[C@@H](C2=O)[C@@H]2CC[C@@H]3O2)nn1Cc1c(F)cccc1Cl. The third-order valence-electron chi connectivity index (χ3n) is 5.85. The molecule has 6 nitrogen and oxygen atoms in total. The standard InChI is InChI=1S/C19H17ClFN3O3/c1-9-7-15(22-23(9)8-10-11(20)3-2-4-12(10)21)24-18(25)16-13-5-6-14(27-13)17(16)19(24)26/h2-4,7,13-14,16-17H,5-6,8H2,1H3/t13-,14-,16-,17-/m0/s1. The fourth-order valence-electron chi connectivity index (χ4n) is 4.53. The molecule has 2 amide bonds. The molecule has 0 unspecified atom stereocenters. The monoisotopic (exact) mass is 389 g/mol. The molecule has 2 bridgehead atoms. The first-order valence-corrected chi connectivity index (χ1v) is 9.34. The minimum Gasteiger partial charge on any atom is -0.373 e. The summed E-state index contributed by atoms with van der Waals surface area (Å²) >= 11 is 6.10. The van der Waals surface area contributed by atoms with E-state index in [0.29, 0.717) is 16.3 Å². The van der Waals surface area contributed by atoms with Crippen LogP contribution in [0.1, 0.15) is 24.1 Å². The van der Waals surface area contributed by atoms with Gasteiger partial charge in [0.25, 0.3) is 0 Å². The van der Waals surface area contributed by atoms with Crippen molar-refractivity contribution in [2.45, 2.75) is 38.5 Å². The van der Waals surface area contributed by atoms with Crippen LogP contribution < -0.4 is 4.90 Å². The van der Waals surface area contributed by atoms with Gasteiger partial charge in [-0.2, -0.15) is 5.10 Å². The number of benzene rings is 1. The van der Waals surface area contributed by atoms with E-state index in [9.17, 15) is 14.0 Å². The Morgan fingerprint density at radius 2 is 1.89 bits per heavy atom. The fraction of sp³-hybridized carbons (Fsp3) is 0.421. The Morgan fingerprint density at radius 3 is 2.52 bits per heavy atom. The normalized spacial score (nSPS) is 29.1. The molecule has 5 rings (SSSR count). The molecule has 3 saturated heterocycles. The smallest absolute Gasteiger partial charge is 0.241 e. The van der Waals surface area contributed by atoms with E-state index in [0.717, 1.165) is 12.8 Å². The lowest BCUT2D eigenvalue weighted by Crippen LogP contribution is -2.34. The number of fused-ring (bicyclic) bond motifs is 5. The maximum absolute atomic E-state index is 14.1. The zero-order valence-electron chi connectivity index (χ0n) is 14.6. The van der Waals surface area contributed by atoms with Gasteiger partial charge in [-0.05, 0) is 31.9 Å². The zero-order chi connectivity index (χ0) is 18.9. The van der Waals surface area contributed by atoms with Crippen LogP contribution in [-0.2, 0) is 20.9 Å². The van der Waals surface area contributed by atoms with Gasteiger partial charge in [-0.3, -0.25) is 14.3 Å². The highest BCUT2D eigenvalue weighted by Crippen LogP contribution is 2.49. The number of rotatable bonds is 3. The molecule has 0 radical (unpaired) electrons. The van der Waals surface area contributed by atoms with Crippen LogP contribution in [0.2, 0.25) is 5.02 Å². The van der Waals surface area contributed by atoms with Crippen LogP contribution in [-0.4, -0.2) is 33.8 Å².